The smallest absolute Gasteiger partial charge is 0.187 e. The Labute approximate surface area is 251 Å². The van der Waals surface area contributed by atoms with E-state index in [9.17, 15) is 30.6 Å². The zero-order valence-electron chi connectivity index (χ0n) is 24.4. The number of aliphatic hydroxyl groups is 6. The normalized spacial score (nSPS) is 52.7. The van der Waals surface area contributed by atoms with Gasteiger partial charge in [-0.15, -0.1) is 0 Å². The van der Waals surface area contributed by atoms with Crippen molar-refractivity contribution in [2.45, 2.75) is 137 Å². The molecule has 0 spiro atoms. The van der Waals surface area contributed by atoms with Crippen LogP contribution in [0.2, 0.25) is 13.1 Å². The van der Waals surface area contributed by atoms with Gasteiger partial charge in [0, 0.05) is 19.1 Å². The highest BCUT2D eigenvalue weighted by atomic mass is 16.8. The quantitative estimate of drug-likeness (QED) is 0.101. The predicted octanol–water partition coefficient (Wildman–Crippen LogP) is -6.41. The lowest BCUT2D eigenvalue weighted by atomic mass is 9.74. The van der Waals surface area contributed by atoms with Gasteiger partial charge in [0.15, 0.2) is 18.9 Å². The van der Waals surface area contributed by atoms with Crippen molar-refractivity contribution in [2.75, 3.05) is 13.1 Å². The molecular formula is C25H49BN5O12. The number of aliphatic hydroxyl groups excluding tert-OH is 6. The lowest BCUT2D eigenvalue weighted by Crippen LogP contribution is -2.66. The van der Waals surface area contributed by atoms with Gasteiger partial charge in [0.25, 0.3) is 0 Å². The molecule has 4 aliphatic rings. The van der Waals surface area contributed by atoms with Crippen LogP contribution >= 0.6 is 0 Å². The molecule has 0 amide bonds. The average Bonchev–Trinajstić information content (AvgIpc) is 3.26. The van der Waals surface area contributed by atoms with Crippen LogP contribution in [0.1, 0.15) is 13.3 Å². The number of ether oxygens (including phenoxy) is 6. The van der Waals surface area contributed by atoms with E-state index in [2.05, 4.69) is 0 Å². The standard InChI is InChI=1S/C25H49BN5O12/c1-7-3-8(29)20(41-23-12(30)17(35)15(33)10(5-27)39-23)22(14(7)32)43-25-19(37)21(9(38-25)4-26-2)42-24-13(31)18(36)16(34)11(6-28)40-24/h7-25,32-37H,3-6,27-31H2,1-2H3/t7?,8?,9-,10?,11+,12+,13?,14-,15-,16?,17-,18?,19+,20-,21+,22-,23?,24?,25?/m1/s1. The fourth-order valence-electron chi connectivity index (χ4n) is 6.21. The Kier molecular flexibility index (Phi) is 12.2. The van der Waals surface area contributed by atoms with Crippen molar-refractivity contribution >= 4 is 7.28 Å². The molecular weight excluding hydrogens is 573 g/mol. The van der Waals surface area contributed by atoms with Crippen molar-refractivity contribution < 1.29 is 59.1 Å². The van der Waals surface area contributed by atoms with Crippen LogP contribution in [0.25, 0.3) is 0 Å². The van der Waals surface area contributed by atoms with Crippen molar-refractivity contribution in [1.29, 1.82) is 0 Å². The Morgan fingerprint density at radius 1 is 0.628 bits per heavy atom. The van der Waals surface area contributed by atoms with Crippen LogP contribution in [0.5, 0.6) is 0 Å². The van der Waals surface area contributed by atoms with Gasteiger partial charge in [-0.25, -0.2) is 0 Å². The first-order valence-electron chi connectivity index (χ1n) is 14.8. The van der Waals surface area contributed by atoms with Gasteiger partial charge in [-0.1, -0.05) is 20.1 Å². The summed E-state index contributed by atoms with van der Waals surface area (Å²) in [7, 11) is 1.80. The van der Waals surface area contributed by atoms with Crippen LogP contribution in [0, 0.1) is 5.92 Å². The fourth-order valence-corrected chi connectivity index (χ4v) is 6.21. The van der Waals surface area contributed by atoms with Gasteiger partial charge in [-0.3, -0.25) is 0 Å². The summed E-state index contributed by atoms with van der Waals surface area (Å²) < 4.78 is 35.8. The monoisotopic (exact) mass is 622 g/mol. The van der Waals surface area contributed by atoms with Crippen molar-refractivity contribution in [3.8, 4) is 0 Å². The summed E-state index contributed by atoms with van der Waals surface area (Å²) in [6.07, 6.45) is -17.0. The van der Waals surface area contributed by atoms with E-state index in [0.29, 0.717) is 12.7 Å². The first-order chi connectivity index (χ1) is 20.3. The van der Waals surface area contributed by atoms with E-state index >= 15 is 0 Å². The van der Waals surface area contributed by atoms with Crippen molar-refractivity contribution in [3.05, 3.63) is 0 Å². The highest BCUT2D eigenvalue weighted by Crippen LogP contribution is 2.36. The van der Waals surface area contributed by atoms with E-state index in [4.69, 9.17) is 57.1 Å². The minimum Gasteiger partial charge on any atom is -0.390 e. The van der Waals surface area contributed by atoms with Gasteiger partial charge in [0.05, 0.1) is 24.3 Å². The topological polar surface area (TPSA) is 307 Å². The molecule has 4 fully saturated rings. The molecule has 3 saturated heterocycles. The second-order valence-corrected chi connectivity index (χ2v) is 12.0. The SMILES string of the molecule is C[B]C[C@H]1OC(O[C@@H]2[C@H](O)C(C)CC(N)[C@H]2OC2OC(CN)[C@@H](O)[C@H](O)[C@@H]2N)[C@@H](O)[C@H]1OC1O[C@@H](CN)C(O)C(O)C1N. The zero-order chi connectivity index (χ0) is 31.7. The summed E-state index contributed by atoms with van der Waals surface area (Å²) in [5, 5.41) is 63.8. The highest BCUT2D eigenvalue weighted by Gasteiger charge is 2.54. The maximum atomic E-state index is 11.3. The minimum atomic E-state index is -1.42. The molecule has 3 aliphatic heterocycles. The maximum Gasteiger partial charge on any atom is 0.187 e. The fraction of sp³-hybridized carbons (Fsp3) is 1.00. The molecule has 16 N–H and O–H groups in total. The summed E-state index contributed by atoms with van der Waals surface area (Å²) in [5.41, 5.74) is 30.0. The second kappa shape index (κ2) is 14.9. The average molecular weight is 623 g/mol. The van der Waals surface area contributed by atoms with Gasteiger partial charge in [-0.2, -0.15) is 0 Å². The third-order valence-electron chi connectivity index (χ3n) is 8.90. The summed E-state index contributed by atoms with van der Waals surface area (Å²) in [6.45, 7) is 3.35. The molecule has 0 aromatic rings. The van der Waals surface area contributed by atoms with Gasteiger partial charge in [-0.05, 0) is 12.3 Å². The third kappa shape index (κ3) is 7.21. The first-order valence-corrected chi connectivity index (χ1v) is 14.8. The van der Waals surface area contributed by atoms with Crippen LogP contribution in [-0.2, 0) is 28.4 Å². The van der Waals surface area contributed by atoms with Crippen molar-refractivity contribution in [3.63, 3.8) is 0 Å². The highest BCUT2D eigenvalue weighted by molar-refractivity contribution is 6.33. The summed E-state index contributed by atoms with van der Waals surface area (Å²) in [4.78, 5) is 0. The Hall–Kier alpha value is -0.615. The van der Waals surface area contributed by atoms with E-state index in [1.807, 2.05) is 0 Å². The number of hydrogen-bond donors (Lipinski definition) is 11. The van der Waals surface area contributed by atoms with E-state index in [1.54, 1.807) is 21.0 Å². The molecule has 3 heterocycles. The van der Waals surface area contributed by atoms with Crippen LogP contribution < -0.4 is 28.7 Å². The lowest BCUT2D eigenvalue weighted by Gasteiger charge is -2.47. The largest absolute Gasteiger partial charge is 0.390 e. The minimum absolute atomic E-state index is 0.109. The summed E-state index contributed by atoms with van der Waals surface area (Å²) >= 11 is 0. The Bertz CT molecular complexity index is 886. The molecule has 43 heavy (non-hydrogen) atoms. The molecule has 0 aromatic carbocycles. The molecule has 9 unspecified atom stereocenters. The molecule has 17 nitrogen and oxygen atoms in total. The van der Waals surface area contributed by atoms with E-state index in [0.717, 1.165) is 0 Å². The van der Waals surface area contributed by atoms with Crippen molar-refractivity contribution in [2.24, 2.45) is 34.6 Å². The predicted molar refractivity (Wildman–Crippen MR) is 149 cm³/mol. The molecule has 1 radical (unpaired) electrons. The number of nitrogens with two attached hydrogens (primary N) is 5. The van der Waals surface area contributed by atoms with E-state index in [1.165, 1.54) is 0 Å². The van der Waals surface area contributed by atoms with Crippen molar-refractivity contribution in [1.82, 2.24) is 0 Å². The molecule has 1 aliphatic carbocycles. The van der Waals surface area contributed by atoms with Gasteiger partial charge in [0.2, 0.25) is 0 Å². The molecule has 19 atom stereocenters. The Balaban J connectivity index is 1.51. The third-order valence-corrected chi connectivity index (χ3v) is 8.90. The molecule has 249 valence electrons. The van der Waals surface area contributed by atoms with Crippen LogP contribution in [0.4, 0.5) is 0 Å². The number of hydrogen-bond acceptors (Lipinski definition) is 17. The molecule has 0 aromatic heterocycles. The van der Waals surface area contributed by atoms with Crippen LogP contribution in [0.3, 0.4) is 0 Å². The van der Waals surface area contributed by atoms with Crippen LogP contribution in [-0.4, -0.2) is 161 Å². The second-order valence-electron chi connectivity index (χ2n) is 12.0. The summed E-state index contributed by atoms with van der Waals surface area (Å²) in [6, 6.07) is -3.00. The van der Waals surface area contributed by atoms with Gasteiger partial charge in [0.1, 0.15) is 68.3 Å². The number of rotatable bonds is 10. The summed E-state index contributed by atoms with van der Waals surface area (Å²) in [5.74, 6) is -0.329. The maximum absolute atomic E-state index is 11.3. The Morgan fingerprint density at radius 2 is 1.09 bits per heavy atom. The lowest BCUT2D eigenvalue weighted by molar-refractivity contribution is -0.308. The molecule has 1 saturated carbocycles. The molecule has 18 heteroatoms. The van der Waals surface area contributed by atoms with Gasteiger partial charge >= 0.3 is 0 Å². The zero-order valence-corrected chi connectivity index (χ0v) is 24.4. The van der Waals surface area contributed by atoms with Gasteiger partial charge < -0.3 is 87.7 Å². The molecule has 4 rings (SSSR count). The molecule has 0 bridgehead atoms. The Morgan fingerprint density at radius 3 is 1.58 bits per heavy atom. The van der Waals surface area contributed by atoms with E-state index in [-0.39, 0.29) is 19.0 Å². The first kappa shape index (κ1) is 35.2. The van der Waals surface area contributed by atoms with Crippen LogP contribution in [0.15, 0.2) is 0 Å². The van der Waals surface area contributed by atoms with E-state index < -0.39 is 110 Å².